The van der Waals surface area contributed by atoms with Crippen LogP contribution in [0.4, 0.5) is 0 Å². The summed E-state index contributed by atoms with van der Waals surface area (Å²) in [6.45, 7) is 1.86. The molecule has 0 saturated carbocycles. The van der Waals surface area contributed by atoms with Crippen molar-refractivity contribution in [2.45, 2.75) is 30.9 Å². The van der Waals surface area contributed by atoms with Gasteiger partial charge in [-0.2, -0.15) is 0 Å². The van der Waals surface area contributed by atoms with Gasteiger partial charge in [0, 0.05) is 20.1 Å². The van der Waals surface area contributed by atoms with Gasteiger partial charge in [0.1, 0.15) is 5.54 Å². The van der Waals surface area contributed by atoms with Gasteiger partial charge in [-0.05, 0) is 19.4 Å². The molecule has 2 heterocycles. The summed E-state index contributed by atoms with van der Waals surface area (Å²) in [5.41, 5.74) is -0.366. The van der Waals surface area contributed by atoms with E-state index in [0.717, 1.165) is 32.4 Å². The number of carbonyl (C=O) groups excluding carboxylic acids is 1. The number of hydrogen-bond donors (Lipinski definition) is 0. The number of methoxy groups -OCH3 is 2. The normalized spacial score (nSPS) is 37.1. The predicted octanol–water partition coefficient (Wildman–Crippen LogP) is 0.413. The maximum atomic E-state index is 11.8. The van der Waals surface area contributed by atoms with Crippen LogP contribution in [0.15, 0.2) is 0 Å². The summed E-state index contributed by atoms with van der Waals surface area (Å²) in [7, 11) is 3.17. The first-order valence-corrected chi connectivity index (χ1v) is 5.09. The van der Waals surface area contributed by atoms with Crippen molar-refractivity contribution < 1.29 is 14.3 Å². The van der Waals surface area contributed by atoms with Gasteiger partial charge < -0.3 is 9.47 Å². The molecule has 4 nitrogen and oxygen atoms in total. The zero-order valence-corrected chi connectivity index (χ0v) is 8.78. The Morgan fingerprint density at radius 2 is 2.29 bits per heavy atom. The van der Waals surface area contributed by atoms with Gasteiger partial charge in [0.2, 0.25) is 0 Å². The van der Waals surface area contributed by atoms with E-state index in [1.165, 1.54) is 7.11 Å². The summed E-state index contributed by atoms with van der Waals surface area (Å²) < 4.78 is 10.2. The molecule has 0 amide bonds. The number of carbonyl (C=O) groups is 1. The van der Waals surface area contributed by atoms with Gasteiger partial charge in [-0.25, -0.2) is 0 Å². The Morgan fingerprint density at radius 3 is 2.93 bits per heavy atom. The lowest BCUT2D eigenvalue weighted by Crippen LogP contribution is -2.46. The third kappa shape index (κ3) is 1.25. The zero-order valence-electron chi connectivity index (χ0n) is 8.78. The van der Waals surface area contributed by atoms with Crippen molar-refractivity contribution in [2.75, 3.05) is 27.3 Å². The number of hydrogen-bond acceptors (Lipinski definition) is 4. The maximum Gasteiger partial charge on any atom is 0.326 e. The highest BCUT2D eigenvalue weighted by Gasteiger charge is 2.54. The second-order valence-electron chi connectivity index (χ2n) is 4.13. The summed E-state index contributed by atoms with van der Waals surface area (Å²) in [5, 5.41) is 0. The molecule has 2 aliphatic heterocycles. The van der Waals surface area contributed by atoms with Crippen LogP contribution in [0.25, 0.3) is 0 Å². The van der Waals surface area contributed by atoms with Gasteiger partial charge in [0.15, 0.2) is 0 Å². The molecule has 2 saturated heterocycles. The average molecular weight is 199 g/mol. The molecule has 2 atom stereocenters. The van der Waals surface area contributed by atoms with Crippen molar-refractivity contribution >= 4 is 5.97 Å². The largest absolute Gasteiger partial charge is 0.468 e. The third-order valence-corrected chi connectivity index (χ3v) is 3.51. The van der Waals surface area contributed by atoms with Gasteiger partial charge in [-0.3, -0.25) is 9.69 Å². The van der Waals surface area contributed by atoms with E-state index >= 15 is 0 Å². The Kier molecular flexibility index (Phi) is 2.49. The lowest BCUT2D eigenvalue weighted by Gasteiger charge is -2.27. The van der Waals surface area contributed by atoms with Crippen molar-refractivity contribution in [3.63, 3.8) is 0 Å². The second-order valence-corrected chi connectivity index (χ2v) is 4.13. The van der Waals surface area contributed by atoms with Crippen LogP contribution >= 0.6 is 0 Å². The molecular formula is C10H17NO3. The van der Waals surface area contributed by atoms with Crippen LogP contribution in [-0.2, 0) is 14.3 Å². The average Bonchev–Trinajstić information content (AvgIpc) is 2.72. The summed E-state index contributed by atoms with van der Waals surface area (Å²) >= 11 is 0. The number of rotatable bonds is 2. The van der Waals surface area contributed by atoms with Gasteiger partial charge >= 0.3 is 5.97 Å². The van der Waals surface area contributed by atoms with E-state index in [1.54, 1.807) is 7.11 Å². The zero-order chi connectivity index (χ0) is 10.2. The van der Waals surface area contributed by atoms with E-state index in [-0.39, 0.29) is 17.6 Å². The third-order valence-electron chi connectivity index (χ3n) is 3.51. The predicted molar refractivity (Wildman–Crippen MR) is 51.0 cm³/mol. The van der Waals surface area contributed by atoms with Gasteiger partial charge in [-0.1, -0.05) is 0 Å². The standard InChI is InChI=1S/C10H17NO3/c1-13-8-6-10(9(12)14-2)4-3-5-11(10)7-8/h8H,3-7H2,1-2H3/t8-,10-/m0/s1. The van der Waals surface area contributed by atoms with Crippen molar-refractivity contribution in [2.24, 2.45) is 0 Å². The highest BCUT2D eigenvalue weighted by molar-refractivity contribution is 5.81. The van der Waals surface area contributed by atoms with E-state index in [1.807, 2.05) is 0 Å². The minimum Gasteiger partial charge on any atom is -0.468 e. The van der Waals surface area contributed by atoms with Crippen molar-refractivity contribution in [3.8, 4) is 0 Å². The molecule has 0 aromatic heterocycles. The van der Waals surface area contributed by atoms with Gasteiger partial charge in [0.05, 0.1) is 13.2 Å². The molecule has 0 radical (unpaired) electrons. The van der Waals surface area contributed by atoms with E-state index in [2.05, 4.69) is 4.90 Å². The summed E-state index contributed by atoms with van der Waals surface area (Å²) in [5.74, 6) is -0.0884. The highest BCUT2D eigenvalue weighted by Crippen LogP contribution is 2.40. The lowest BCUT2D eigenvalue weighted by atomic mass is 9.93. The molecule has 0 spiro atoms. The van der Waals surface area contributed by atoms with Crippen LogP contribution < -0.4 is 0 Å². The minimum atomic E-state index is -0.366. The molecule has 2 fully saturated rings. The van der Waals surface area contributed by atoms with Gasteiger partial charge in [-0.15, -0.1) is 0 Å². The lowest BCUT2D eigenvalue weighted by molar-refractivity contribution is -0.151. The number of nitrogens with zero attached hydrogens (tertiary/aromatic N) is 1. The molecule has 0 aromatic rings. The van der Waals surface area contributed by atoms with Gasteiger partial charge in [0.25, 0.3) is 0 Å². The van der Waals surface area contributed by atoms with E-state index in [0.29, 0.717) is 0 Å². The molecule has 0 unspecified atom stereocenters. The quantitative estimate of drug-likeness (QED) is 0.604. The molecule has 80 valence electrons. The van der Waals surface area contributed by atoms with Crippen LogP contribution in [-0.4, -0.2) is 49.8 Å². The molecular weight excluding hydrogens is 182 g/mol. The Hall–Kier alpha value is -0.610. The number of esters is 1. The molecule has 0 aliphatic carbocycles. The van der Waals surface area contributed by atoms with E-state index < -0.39 is 0 Å². The first kappa shape index (κ1) is 9.93. The molecule has 2 rings (SSSR count). The SMILES string of the molecule is COC(=O)[C@@]12CCCN1C[C@@H](OC)C2. The molecule has 0 aromatic carbocycles. The first-order valence-electron chi connectivity index (χ1n) is 5.09. The molecule has 0 bridgehead atoms. The van der Waals surface area contributed by atoms with Crippen LogP contribution in [0.5, 0.6) is 0 Å². The molecule has 14 heavy (non-hydrogen) atoms. The Balaban J connectivity index is 2.18. The van der Waals surface area contributed by atoms with Crippen LogP contribution in [0.1, 0.15) is 19.3 Å². The number of ether oxygens (including phenoxy) is 2. The van der Waals surface area contributed by atoms with E-state index in [4.69, 9.17) is 9.47 Å². The first-order chi connectivity index (χ1) is 6.73. The molecule has 2 aliphatic rings. The Morgan fingerprint density at radius 1 is 1.50 bits per heavy atom. The fourth-order valence-electron chi connectivity index (χ4n) is 2.78. The Bertz CT molecular complexity index is 244. The van der Waals surface area contributed by atoms with Crippen molar-refractivity contribution in [3.05, 3.63) is 0 Å². The maximum absolute atomic E-state index is 11.8. The number of fused-ring (bicyclic) bond motifs is 1. The minimum absolute atomic E-state index is 0.0884. The summed E-state index contributed by atoms with van der Waals surface area (Å²) in [6.07, 6.45) is 2.98. The van der Waals surface area contributed by atoms with Crippen molar-refractivity contribution in [1.29, 1.82) is 0 Å². The van der Waals surface area contributed by atoms with Crippen LogP contribution in [0, 0.1) is 0 Å². The second kappa shape index (κ2) is 3.51. The van der Waals surface area contributed by atoms with Crippen molar-refractivity contribution in [1.82, 2.24) is 4.90 Å². The highest BCUT2D eigenvalue weighted by atomic mass is 16.5. The monoisotopic (exact) mass is 199 g/mol. The molecule has 0 N–H and O–H groups in total. The fourth-order valence-corrected chi connectivity index (χ4v) is 2.78. The van der Waals surface area contributed by atoms with Crippen LogP contribution in [0.2, 0.25) is 0 Å². The van der Waals surface area contributed by atoms with Crippen LogP contribution in [0.3, 0.4) is 0 Å². The molecule has 4 heteroatoms. The summed E-state index contributed by atoms with van der Waals surface area (Å²) in [4.78, 5) is 14.0. The summed E-state index contributed by atoms with van der Waals surface area (Å²) in [6, 6.07) is 0. The topological polar surface area (TPSA) is 38.8 Å². The fraction of sp³-hybridized carbons (Fsp3) is 0.900. The van der Waals surface area contributed by atoms with E-state index in [9.17, 15) is 4.79 Å². The Labute approximate surface area is 84.2 Å². The smallest absolute Gasteiger partial charge is 0.326 e.